The molecule has 0 bridgehead atoms. The third-order valence-electron chi connectivity index (χ3n) is 4.85. The lowest BCUT2D eigenvalue weighted by atomic mass is 10.2. The number of anilines is 1. The summed E-state index contributed by atoms with van der Waals surface area (Å²) < 4.78 is 20.2. The van der Waals surface area contributed by atoms with Crippen molar-refractivity contribution in [1.29, 1.82) is 0 Å². The van der Waals surface area contributed by atoms with E-state index in [4.69, 9.17) is 4.42 Å². The molecule has 0 unspecified atom stereocenters. The number of fused-ring (bicyclic) bond motifs is 1. The predicted octanol–water partition coefficient (Wildman–Crippen LogP) is 1.93. The molecule has 29 heavy (non-hydrogen) atoms. The molecule has 1 atom stereocenters. The maximum Gasteiger partial charge on any atom is 0.273 e. The lowest BCUT2D eigenvalue weighted by molar-refractivity contribution is 0.0935. The molecule has 1 N–H and O–H groups in total. The van der Waals surface area contributed by atoms with E-state index in [1.807, 2.05) is 0 Å². The molecule has 4 heterocycles. The van der Waals surface area contributed by atoms with Gasteiger partial charge in [0, 0.05) is 37.1 Å². The maximum absolute atomic E-state index is 13.1. The fourth-order valence-corrected chi connectivity index (χ4v) is 3.40. The molecule has 1 saturated heterocycles. The second kappa shape index (κ2) is 6.97. The number of oxazole rings is 1. The van der Waals surface area contributed by atoms with Crippen molar-refractivity contribution in [3.8, 4) is 11.5 Å². The van der Waals surface area contributed by atoms with Crippen LogP contribution in [-0.2, 0) is 0 Å². The van der Waals surface area contributed by atoms with Crippen molar-refractivity contribution in [1.82, 2.24) is 29.9 Å². The van der Waals surface area contributed by atoms with Gasteiger partial charge in [0.15, 0.2) is 11.5 Å². The maximum atomic E-state index is 13.1. The summed E-state index contributed by atoms with van der Waals surface area (Å²) in [6.07, 6.45) is 7.19. The predicted molar refractivity (Wildman–Crippen MR) is 101 cm³/mol. The van der Waals surface area contributed by atoms with Gasteiger partial charge in [-0.05, 0) is 30.7 Å². The van der Waals surface area contributed by atoms with Gasteiger partial charge in [-0.3, -0.25) is 9.20 Å². The van der Waals surface area contributed by atoms with Crippen molar-refractivity contribution in [2.45, 2.75) is 12.5 Å². The SMILES string of the molecule is O=C(N[C@H]1CCN(c2nccn3cnnc23)C1)c1coc(-c2ccc(F)cc2)n1. The van der Waals surface area contributed by atoms with E-state index < -0.39 is 0 Å². The summed E-state index contributed by atoms with van der Waals surface area (Å²) in [5.74, 6) is 0.343. The first-order valence-electron chi connectivity index (χ1n) is 9.09. The Hall–Kier alpha value is -3.82. The number of hydrogen-bond donors (Lipinski definition) is 1. The highest BCUT2D eigenvalue weighted by Gasteiger charge is 2.27. The van der Waals surface area contributed by atoms with Crippen molar-refractivity contribution in [2.75, 3.05) is 18.0 Å². The molecule has 3 aromatic heterocycles. The lowest BCUT2D eigenvalue weighted by Gasteiger charge is -2.17. The van der Waals surface area contributed by atoms with Gasteiger partial charge in [0.05, 0.1) is 0 Å². The zero-order valence-electron chi connectivity index (χ0n) is 15.2. The van der Waals surface area contributed by atoms with Crippen molar-refractivity contribution >= 4 is 17.4 Å². The van der Waals surface area contributed by atoms with Crippen LogP contribution in [0.4, 0.5) is 10.2 Å². The molecule has 1 aromatic carbocycles. The van der Waals surface area contributed by atoms with E-state index in [2.05, 4.69) is 30.4 Å². The Kier molecular flexibility index (Phi) is 4.15. The van der Waals surface area contributed by atoms with Gasteiger partial charge in [-0.1, -0.05) is 0 Å². The van der Waals surface area contributed by atoms with Gasteiger partial charge in [-0.25, -0.2) is 14.4 Å². The Balaban J connectivity index is 1.26. The minimum Gasteiger partial charge on any atom is -0.444 e. The summed E-state index contributed by atoms with van der Waals surface area (Å²) in [5.41, 5.74) is 1.46. The minimum atomic E-state index is -0.347. The van der Waals surface area contributed by atoms with Gasteiger partial charge in [0.2, 0.25) is 11.5 Å². The average molecular weight is 393 g/mol. The average Bonchev–Trinajstić information content (AvgIpc) is 3.48. The topological polar surface area (TPSA) is 101 Å². The summed E-state index contributed by atoms with van der Waals surface area (Å²) in [4.78, 5) is 23.3. The number of benzene rings is 1. The van der Waals surface area contributed by atoms with Gasteiger partial charge >= 0.3 is 0 Å². The number of rotatable bonds is 4. The highest BCUT2D eigenvalue weighted by atomic mass is 19.1. The molecular weight excluding hydrogens is 377 g/mol. The molecule has 5 rings (SSSR count). The summed E-state index contributed by atoms with van der Waals surface area (Å²) in [5, 5.41) is 11.0. The fourth-order valence-electron chi connectivity index (χ4n) is 3.40. The van der Waals surface area contributed by atoms with E-state index in [9.17, 15) is 9.18 Å². The Bertz CT molecular complexity index is 1170. The molecule has 146 valence electrons. The van der Waals surface area contributed by atoms with Crippen molar-refractivity contribution in [2.24, 2.45) is 0 Å². The molecule has 9 nitrogen and oxygen atoms in total. The monoisotopic (exact) mass is 393 g/mol. The van der Waals surface area contributed by atoms with Crippen LogP contribution in [-0.4, -0.2) is 49.6 Å². The Morgan fingerprint density at radius 3 is 3.00 bits per heavy atom. The Morgan fingerprint density at radius 1 is 1.28 bits per heavy atom. The largest absolute Gasteiger partial charge is 0.444 e. The number of nitrogens with one attached hydrogen (secondary N) is 1. The fraction of sp³-hybridized carbons (Fsp3) is 0.211. The second-order valence-corrected chi connectivity index (χ2v) is 6.76. The molecular formula is C19H16FN7O2. The van der Waals surface area contributed by atoms with Crippen LogP contribution in [0, 0.1) is 5.82 Å². The zero-order valence-corrected chi connectivity index (χ0v) is 15.2. The van der Waals surface area contributed by atoms with E-state index in [-0.39, 0.29) is 29.4 Å². The zero-order chi connectivity index (χ0) is 19.8. The van der Waals surface area contributed by atoms with Crippen molar-refractivity contribution < 1.29 is 13.6 Å². The highest BCUT2D eigenvalue weighted by Crippen LogP contribution is 2.22. The third kappa shape index (κ3) is 3.28. The molecule has 10 heteroatoms. The van der Waals surface area contributed by atoms with Crippen LogP contribution in [0.3, 0.4) is 0 Å². The summed E-state index contributed by atoms with van der Waals surface area (Å²) in [6.45, 7) is 1.35. The normalized spacial score (nSPS) is 16.4. The molecule has 0 spiro atoms. The molecule has 1 aliphatic heterocycles. The number of nitrogens with zero attached hydrogens (tertiary/aromatic N) is 6. The molecule has 0 aliphatic carbocycles. The molecule has 0 saturated carbocycles. The van der Waals surface area contributed by atoms with E-state index in [1.165, 1.54) is 18.4 Å². The molecule has 4 aromatic rings. The van der Waals surface area contributed by atoms with Gasteiger partial charge in [-0.15, -0.1) is 10.2 Å². The highest BCUT2D eigenvalue weighted by molar-refractivity contribution is 5.92. The van der Waals surface area contributed by atoms with Crippen LogP contribution < -0.4 is 10.2 Å². The van der Waals surface area contributed by atoms with Gasteiger partial charge in [-0.2, -0.15) is 0 Å². The van der Waals surface area contributed by atoms with Crippen LogP contribution in [0.2, 0.25) is 0 Å². The molecule has 1 aliphatic rings. The van der Waals surface area contributed by atoms with E-state index >= 15 is 0 Å². The van der Waals surface area contributed by atoms with Crippen LogP contribution in [0.15, 0.2) is 53.7 Å². The van der Waals surface area contributed by atoms with E-state index in [0.717, 1.165) is 18.8 Å². The quantitative estimate of drug-likeness (QED) is 0.565. The first-order chi connectivity index (χ1) is 14.2. The van der Waals surface area contributed by atoms with Crippen LogP contribution in [0.1, 0.15) is 16.9 Å². The van der Waals surface area contributed by atoms with Crippen LogP contribution in [0.25, 0.3) is 17.1 Å². The van der Waals surface area contributed by atoms with Crippen molar-refractivity contribution in [3.05, 3.63) is 60.8 Å². The summed E-state index contributed by atoms with van der Waals surface area (Å²) in [7, 11) is 0. The van der Waals surface area contributed by atoms with E-state index in [0.29, 0.717) is 17.8 Å². The third-order valence-corrected chi connectivity index (χ3v) is 4.85. The molecule has 0 radical (unpaired) electrons. The van der Waals surface area contributed by atoms with Gasteiger partial charge in [0.25, 0.3) is 5.91 Å². The summed E-state index contributed by atoms with van der Waals surface area (Å²) in [6, 6.07) is 5.68. The van der Waals surface area contributed by atoms with Gasteiger partial charge in [0.1, 0.15) is 18.4 Å². The van der Waals surface area contributed by atoms with Crippen LogP contribution >= 0.6 is 0 Å². The number of amides is 1. The summed E-state index contributed by atoms with van der Waals surface area (Å²) >= 11 is 0. The Labute approximate surface area is 164 Å². The van der Waals surface area contributed by atoms with Crippen molar-refractivity contribution in [3.63, 3.8) is 0 Å². The lowest BCUT2D eigenvalue weighted by Crippen LogP contribution is -2.37. The first-order valence-corrected chi connectivity index (χ1v) is 9.09. The second-order valence-electron chi connectivity index (χ2n) is 6.76. The van der Waals surface area contributed by atoms with E-state index in [1.54, 1.807) is 35.3 Å². The smallest absolute Gasteiger partial charge is 0.273 e. The number of aromatic nitrogens is 5. The number of halogens is 1. The number of carbonyl (C=O) groups excluding carboxylic acids is 1. The standard InChI is InChI=1S/C19H16FN7O2/c20-13-3-1-12(2-4-13)19-24-15(10-29-19)18(28)23-14-5-7-26(9-14)16-17-25-22-11-27(17)8-6-21-16/h1-4,6,8,10-11,14H,5,7,9H2,(H,23,28)/t14-/m0/s1. The first kappa shape index (κ1) is 17.3. The Morgan fingerprint density at radius 2 is 2.14 bits per heavy atom. The van der Waals surface area contributed by atoms with Gasteiger partial charge < -0.3 is 14.6 Å². The molecule has 1 amide bonds. The minimum absolute atomic E-state index is 0.0570. The van der Waals surface area contributed by atoms with Crippen LogP contribution in [0.5, 0.6) is 0 Å². The number of hydrogen-bond acceptors (Lipinski definition) is 7. The molecule has 1 fully saturated rings. The number of carbonyl (C=O) groups is 1.